The lowest BCUT2D eigenvalue weighted by atomic mass is 9.83. The van der Waals surface area contributed by atoms with Gasteiger partial charge in [-0.15, -0.1) is 0 Å². The van der Waals surface area contributed by atoms with Gasteiger partial charge in [0, 0.05) is 43.4 Å². The Hall–Kier alpha value is -1.66. The molecule has 0 unspecified atom stereocenters. The van der Waals surface area contributed by atoms with Crippen LogP contribution in [0.4, 0.5) is 0 Å². The molecule has 0 radical (unpaired) electrons. The van der Waals surface area contributed by atoms with Crippen LogP contribution in [0.1, 0.15) is 36.4 Å². The van der Waals surface area contributed by atoms with Crippen LogP contribution in [-0.2, 0) is 17.9 Å². The molecule has 6 nitrogen and oxygen atoms in total. The first kappa shape index (κ1) is 15.8. The normalized spacial score (nSPS) is 27.2. The second kappa shape index (κ2) is 6.33. The highest BCUT2D eigenvalue weighted by molar-refractivity contribution is 5.69. The van der Waals surface area contributed by atoms with Crippen molar-refractivity contribution >= 4 is 5.97 Å². The van der Waals surface area contributed by atoms with Gasteiger partial charge in [-0.1, -0.05) is 6.07 Å². The van der Waals surface area contributed by atoms with Crippen LogP contribution in [0.2, 0.25) is 0 Å². The zero-order valence-electron chi connectivity index (χ0n) is 14.0. The predicted molar refractivity (Wildman–Crippen MR) is 90.1 cm³/mol. The van der Waals surface area contributed by atoms with Crippen LogP contribution in [0.5, 0.6) is 0 Å². The molecule has 1 N–H and O–H groups in total. The Bertz CT molecular complexity index is 693. The number of carbonyl (C=O) groups is 1. The lowest BCUT2D eigenvalue weighted by Gasteiger charge is -2.42. The van der Waals surface area contributed by atoms with E-state index in [1.54, 1.807) is 0 Å². The van der Waals surface area contributed by atoms with E-state index in [2.05, 4.69) is 11.0 Å². The molecule has 1 aromatic rings. The van der Waals surface area contributed by atoms with Gasteiger partial charge >= 0.3 is 5.97 Å². The summed E-state index contributed by atoms with van der Waals surface area (Å²) in [6.07, 6.45) is 3.53. The fourth-order valence-electron chi connectivity index (χ4n) is 4.71. The number of hydrogen-bond donors (Lipinski definition) is 1. The van der Waals surface area contributed by atoms with Gasteiger partial charge in [0.15, 0.2) is 0 Å². The molecule has 0 amide bonds. The highest BCUT2D eigenvalue weighted by Gasteiger charge is 2.35. The molecule has 2 atom stereocenters. The smallest absolute Gasteiger partial charge is 0.317 e. The zero-order valence-corrected chi connectivity index (χ0v) is 14.0. The van der Waals surface area contributed by atoms with Crippen molar-refractivity contribution in [1.82, 2.24) is 14.4 Å². The first-order chi connectivity index (χ1) is 11.6. The van der Waals surface area contributed by atoms with Crippen molar-refractivity contribution in [3.63, 3.8) is 0 Å². The molecular weight excluding hydrogens is 306 g/mol. The molecule has 4 rings (SSSR count). The fraction of sp³-hybridized carbons (Fsp3) is 0.667. The van der Waals surface area contributed by atoms with Gasteiger partial charge in [0.05, 0.1) is 6.54 Å². The Morgan fingerprint density at radius 2 is 1.92 bits per heavy atom. The van der Waals surface area contributed by atoms with Crippen LogP contribution < -0.4 is 5.56 Å². The number of aromatic nitrogens is 1. The molecule has 3 aliphatic rings. The number of hydrogen-bond acceptors (Lipinski definition) is 4. The fourth-order valence-corrected chi connectivity index (χ4v) is 4.71. The van der Waals surface area contributed by atoms with Crippen molar-refractivity contribution in [3.05, 3.63) is 33.7 Å². The van der Waals surface area contributed by atoms with Crippen molar-refractivity contribution < 1.29 is 9.90 Å². The summed E-state index contributed by atoms with van der Waals surface area (Å²) in [6.45, 7) is 5.31. The van der Waals surface area contributed by atoms with E-state index in [-0.39, 0.29) is 18.0 Å². The maximum absolute atomic E-state index is 12.9. The Morgan fingerprint density at radius 1 is 1.12 bits per heavy atom. The van der Waals surface area contributed by atoms with Gasteiger partial charge in [-0.3, -0.25) is 19.4 Å². The van der Waals surface area contributed by atoms with E-state index < -0.39 is 5.97 Å². The summed E-state index contributed by atoms with van der Waals surface area (Å²) < 4.78 is 1.97. The van der Waals surface area contributed by atoms with Crippen molar-refractivity contribution in [3.8, 4) is 0 Å². The minimum atomic E-state index is -0.770. The molecule has 0 aliphatic carbocycles. The third-order valence-corrected chi connectivity index (χ3v) is 5.71. The SMILES string of the molecule is O=C(O)CN1C[C@@H]2C[C@H](C1)c1ccc(CN3CCCC3)c(=O)n1C2. The molecule has 2 fully saturated rings. The van der Waals surface area contributed by atoms with Gasteiger partial charge in [-0.2, -0.15) is 0 Å². The van der Waals surface area contributed by atoms with Crippen molar-refractivity contribution in [1.29, 1.82) is 0 Å². The molecule has 4 heterocycles. The van der Waals surface area contributed by atoms with Crippen molar-refractivity contribution in [2.75, 3.05) is 32.7 Å². The quantitative estimate of drug-likeness (QED) is 0.890. The van der Waals surface area contributed by atoms with Gasteiger partial charge in [0.1, 0.15) is 0 Å². The molecule has 24 heavy (non-hydrogen) atoms. The Labute approximate surface area is 141 Å². The Morgan fingerprint density at radius 3 is 2.67 bits per heavy atom. The number of aliphatic carboxylic acids is 1. The molecule has 0 spiro atoms. The molecule has 130 valence electrons. The predicted octanol–water partition coefficient (Wildman–Crippen LogP) is 0.948. The molecule has 0 aromatic carbocycles. The van der Waals surface area contributed by atoms with Gasteiger partial charge < -0.3 is 9.67 Å². The second-order valence-corrected chi connectivity index (χ2v) is 7.57. The first-order valence-corrected chi connectivity index (χ1v) is 8.99. The third-order valence-electron chi connectivity index (χ3n) is 5.71. The number of fused-ring (bicyclic) bond motifs is 4. The number of pyridine rings is 1. The lowest BCUT2D eigenvalue weighted by Crippen LogP contribution is -2.48. The minimum absolute atomic E-state index is 0.101. The van der Waals surface area contributed by atoms with Crippen molar-refractivity contribution in [2.45, 2.75) is 38.3 Å². The average molecular weight is 331 g/mol. The highest BCUT2D eigenvalue weighted by Crippen LogP contribution is 2.35. The summed E-state index contributed by atoms with van der Waals surface area (Å²) in [6, 6.07) is 4.11. The Balaban J connectivity index is 1.57. The number of likely N-dealkylation sites (tertiary alicyclic amines) is 2. The van der Waals surface area contributed by atoms with E-state index >= 15 is 0 Å². The summed E-state index contributed by atoms with van der Waals surface area (Å²) >= 11 is 0. The molecule has 1 aromatic heterocycles. The maximum Gasteiger partial charge on any atom is 0.317 e. The minimum Gasteiger partial charge on any atom is -0.480 e. The standard InChI is InChI=1S/C18H25N3O3/c22-17(23)12-20-8-13-7-15(11-20)16-4-3-14(18(24)21(16)9-13)10-19-5-1-2-6-19/h3-4,13,15H,1-2,5-12H2,(H,22,23)/t13-,15+/m0/s1. The maximum atomic E-state index is 12.9. The monoisotopic (exact) mass is 331 g/mol. The van der Waals surface area contributed by atoms with E-state index in [4.69, 9.17) is 5.11 Å². The van der Waals surface area contributed by atoms with E-state index in [1.165, 1.54) is 12.8 Å². The van der Waals surface area contributed by atoms with Gasteiger partial charge in [-0.05, 0) is 44.3 Å². The van der Waals surface area contributed by atoms with Crippen LogP contribution in [0.3, 0.4) is 0 Å². The summed E-state index contributed by atoms with van der Waals surface area (Å²) in [5.41, 5.74) is 2.17. The summed E-state index contributed by atoms with van der Waals surface area (Å²) in [5.74, 6) is -0.103. The van der Waals surface area contributed by atoms with Gasteiger partial charge in [0.2, 0.25) is 0 Å². The molecular formula is C18H25N3O3. The van der Waals surface area contributed by atoms with Gasteiger partial charge in [0.25, 0.3) is 5.56 Å². The largest absolute Gasteiger partial charge is 0.480 e. The molecule has 6 heteroatoms. The van der Waals surface area contributed by atoms with Crippen molar-refractivity contribution in [2.24, 2.45) is 5.92 Å². The summed E-state index contributed by atoms with van der Waals surface area (Å²) in [7, 11) is 0. The van der Waals surface area contributed by atoms with Crippen LogP contribution >= 0.6 is 0 Å². The number of carboxylic acids is 1. The number of carboxylic acid groups (broad SMARTS) is 1. The molecule has 2 bridgehead atoms. The second-order valence-electron chi connectivity index (χ2n) is 7.57. The van der Waals surface area contributed by atoms with Gasteiger partial charge in [-0.25, -0.2) is 0 Å². The first-order valence-electron chi connectivity index (χ1n) is 8.99. The summed E-state index contributed by atoms with van der Waals surface area (Å²) in [4.78, 5) is 28.3. The van der Waals surface area contributed by atoms with Crippen LogP contribution in [0.25, 0.3) is 0 Å². The third kappa shape index (κ3) is 3.00. The lowest BCUT2D eigenvalue weighted by molar-refractivity contribution is -0.139. The molecule has 0 saturated carbocycles. The molecule has 2 saturated heterocycles. The van der Waals surface area contributed by atoms with Crippen LogP contribution in [0, 0.1) is 5.92 Å². The zero-order chi connectivity index (χ0) is 16.7. The van der Waals surface area contributed by atoms with E-state index in [0.29, 0.717) is 5.92 Å². The van der Waals surface area contributed by atoms with E-state index in [9.17, 15) is 9.59 Å². The van der Waals surface area contributed by atoms with Crippen LogP contribution in [-0.4, -0.2) is 58.2 Å². The van der Waals surface area contributed by atoms with Crippen LogP contribution in [0.15, 0.2) is 16.9 Å². The number of nitrogens with zero attached hydrogens (tertiary/aromatic N) is 3. The number of rotatable bonds is 4. The molecule has 3 aliphatic heterocycles. The van der Waals surface area contributed by atoms with E-state index in [1.807, 2.05) is 15.5 Å². The number of piperidine rings is 1. The summed E-state index contributed by atoms with van der Waals surface area (Å²) in [5, 5.41) is 9.04. The Kier molecular flexibility index (Phi) is 4.18. The average Bonchev–Trinajstić information content (AvgIpc) is 3.03. The highest BCUT2D eigenvalue weighted by atomic mass is 16.4. The van der Waals surface area contributed by atoms with E-state index in [0.717, 1.165) is 56.9 Å². The topological polar surface area (TPSA) is 65.8 Å².